The molecular formula is C12H13ClN4O. The van der Waals surface area contributed by atoms with Crippen LogP contribution in [0.3, 0.4) is 0 Å². The molecule has 5 nitrogen and oxygen atoms in total. The van der Waals surface area contributed by atoms with E-state index in [1.54, 1.807) is 12.1 Å². The molecule has 1 aromatic heterocycles. The van der Waals surface area contributed by atoms with E-state index in [-0.39, 0.29) is 0 Å². The zero-order chi connectivity index (χ0) is 12.5. The minimum atomic E-state index is 0.471. The van der Waals surface area contributed by atoms with Crippen LogP contribution in [0.25, 0.3) is 11.5 Å². The Balaban J connectivity index is 1.89. The Morgan fingerprint density at radius 2 is 2.06 bits per heavy atom. The number of benzene rings is 1. The van der Waals surface area contributed by atoms with Gasteiger partial charge in [-0.05, 0) is 36.2 Å². The van der Waals surface area contributed by atoms with Crippen molar-refractivity contribution in [3.8, 4) is 11.5 Å². The molecule has 94 valence electrons. The monoisotopic (exact) mass is 264 g/mol. The summed E-state index contributed by atoms with van der Waals surface area (Å²) in [5.74, 6) is 1.12. The van der Waals surface area contributed by atoms with E-state index in [1.807, 2.05) is 6.07 Å². The van der Waals surface area contributed by atoms with Crippen molar-refractivity contribution in [3.05, 3.63) is 23.2 Å². The molecule has 1 fully saturated rings. The summed E-state index contributed by atoms with van der Waals surface area (Å²) in [4.78, 5) is 6.50. The van der Waals surface area contributed by atoms with Crippen molar-refractivity contribution < 1.29 is 4.52 Å². The molecule has 0 bridgehead atoms. The number of nitrogens with zero attached hydrogens (tertiary/aromatic N) is 3. The quantitative estimate of drug-likeness (QED) is 0.845. The van der Waals surface area contributed by atoms with Gasteiger partial charge in [-0.3, -0.25) is 0 Å². The van der Waals surface area contributed by atoms with Gasteiger partial charge in [0.25, 0.3) is 11.8 Å². The van der Waals surface area contributed by atoms with Gasteiger partial charge in [-0.25, -0.2) is 0 Å². The van der Waals surface area contributed by atoms with Crippen LogP contribution in [0.4, 0.5) is 11.6 Å². The van der Waals surface area contributed by atoms with Gasteiger partial charge >= 0.3 is 0 Å². The van der Waals surface area contributed by atoms with Crippen molar-refractivity contribution in [2.45, 2.75) is 12.8 Å². The van der Waals surface area contributed by atoms with Crippen molar-refractivity contribution in [2.75, 3.05) is 23.7 Å². The van der Waals surface area contributed by atoms with Crippen LogP contribution in [0.15, 0.2) is 22.7 Å². The van der Waals surface area contributed by atoms with Crippen LogP contribution < -0.4 is 10.6 Å². The van der Waals surface area contributed by atoms with Gasteiger partial charge in [0, 0.05) is 18.7 Å². The Kier molecular flexibility index (Phi) is 2.83. The second kappa shape index (κ2) is 4.49. The second-order valence-electron chi connectivity index (χ2n) is 4.33. The maximum atomic E-state index is 5.97. The molecule has 0 amide bonds. The lowest BCUT2D eigenvalue weighted by molar-refractivity contribution is 0.430. The Hall–Kier alpha value is -1.75. The molecule has 2 N–H and O–H groups in total. The first kappa shape index (κ1) is 11.3. The van der Waals surface area contributed by atoms with Crippen molar-refractivity contribution in [2.24, 2.45) is 0 Å². The van der Waals surface area contributed by atoms with Gasteiger partial charge in [-0.2, -0.15) is 4.98 Å². The van der Waals surface area contributed by atoms with Crippen LogP contribution in [0.1, 0.15) is 12.8 Å². The van der Waals surface area contributed by atoms with Crippen LogP contribution in [-0.2, 0) is 0 Å². The number of halogens is 1. The normalized spacial score (nSPS) is 15.3. The standard InChI is InChI=1S/C12H13ClN4O/c13-9-7-8(3-4-10(9)14)11-15-12(16-18-11)17-5-1-2-6-17/h3-4,7H,1-2,5-6,14H2. The Labute approximate surface area is 110 Å². The fourth-order valence-corrected chi connectivity index (χ4v) is 2.22. The number of hydrogen-bond acceptors (Lipinski definition) is 5. The average Bonchev–Trinajstić information content (AvgIpc) is 3.01. The number of nitrogen functional groups attached to an aromatic ring is 1. The fourth-order valence-electron chi connectivity index (χ4n) is 2.04. The van der Waals surface area contributed by atoms with Crippen LogP contribution >= 0.6 is 11.6 Å². The Bertz CT molecular complexity index is 563. The van der Waals surface area contributed by atoms with Gasteiger partial charge in [-0.1, -0.05) is 11.6 Å². The molecule has 1 aliphatic heterocycles. The van der Waals surface area contributed by atoms with E-state index in [0.29, 0.717) is 22.5 Å². The average molecular weight is 265 g/mol. The van der Waals surface area contributed by atoms with Crippen LogP contribution in [0.5, 0.6) is 0 Å². The molecular weight excluding hydrogens is 252 g/mol. The van der Waals surface area contributed by atoms with E-state index < -0.39 is 0 Å². The van der Waals surface area contributed by atoms with Gasteiger partial charge in [0.1, 0.15) is 0 Å². The first-order valence-electron chi connectivity index (χ1n) is 5.88. The summed E-state index contributed by atoms with van der Waals surface area (Å²) in [5.41, 5.74) is 6.99. The number of anilines is 2. The van der Waals surface area contributed by atoms with E-state index >= 15 is 0 Å². The molecule has 0 unspecified atom stereocenters. The number of aromatic nitrogens is 2. The smallest absolute Gasteiger partial charge is 0.266 e. The minimum absolute atomic E-state index is 0.471. The SMILES string of the molecule is Nc1ccc(-c2nc(N3CCCC3)no2)cc1Cl. The highest BCUT2D eigenvalue weighted by Gasteiger charge is 2.18. The topological polar surface area (TPSA) is 68.2 Å². The van der Waals surface area contributed by atoms with E-state index in [9.17, 15) is 0 Å². The zero-order valence-corrected chi connectivity index (χ0v) is 10.5. The highest BCUT2D eigenvalue weighted by molar-refractivity contribution is 6.33. The van der Waals surface area contributed by atoms with E-state index in [2.05, 4.69) is 15.0 Å². The first-order chi connectivity index (χ1) is 8.74. The molecule has 1 aliphatic rings. The summed E-state index contributed by atoms with van der Waals surface area (Å²) in [6.45, 7) is 1.98. The van der Waals surface area contributed by atoms with Gasteiger partial charge in [-0.15, -0.1) is 0 Å². The molecule has 0 aliphatic carbocycles. The Morgan fingerprint density at radius 3 is 2.78 bits per heavy atom. The first-order valence-corrected chi connectivity index (χ1v) is 6.26. The van der Waals surface area contributed by atoms with Gasteiger partial charge < -0.3 is 15.2 Å². The zero-order valence-electron chi connectivity index (χ0n) is 9.77. The molecule has 3 rings (SSSR count). The summed E-state index contributed by atoms with van der Waals surface area (Å²) in [6.07, 6.45) is 2.36. The number of rotatable bonds is 2. The highest BCUT2D eigenvalue weighted by Crippen LogP contribution is 2.27. The predicted octanol–water partition coefficient (Wildman–Crippen LogP) is 2.57. The van der Waals surface area contributed by atoms with Crippen molar-refractivity contribution in [3.63, 3.8) is 0 Å². The molecule has 1 aromatic carbocycles. The minimum Gasteiger partial charge on any atom is -0.398 e. The lowest BCUT2D eigenvalue weighted by Gasteiger charge is -2.09. The van der Waals surface area contributed by atoms with Crippen molar-refractivity contribution in [1.82, 2.24) is 10.1 Å². The van der Waals surface area contributed by atoms with Crippen molar-refractivity contribution in [1.29, 1.82) is 0 Å². The second-order valence-corrected chi connectivity index (χ2v) is 4.74. The van der Waals surface area contributed by atoms with E-state index in [0.717, 1.165) is 18.7 Å². The summed E-state index contributed by atoms with van der Waals surface area (Å²) in [7, 11) is 0. The summed E-state index contributed by atoms with van der Waals surface area (Å²) in [6, 6.07) is 5.29. The van der Waals surface area contributed by atoms with Gasteiger partial charge in [0.2, 0.25) is 0 Å². The number of nitrogens with two attached hydrogens (primary N) is 1. The summed E-state index contributed by atoms with van der Waals surface area (Å²) >= 11 is 5.97. The molecule has 1 saturated heterocycles. The van der Waals surface area contributed by atoms with Gasteiger partial charge in [0.05, 0.1) is 10.7 Å². The molecule has 0 saturated carbocycles. The molecule has 0 radical (unpaired) electrons. The molecule has 0 spiro atoms. The van der Waals surface area contributed by atoms with Crippen LogP contribution in [0.2, 0.25) is 5.02 Å². The third kappa shape index (κ3) is 2.01. The third-order valence-corrected chi connectivity index (χ3v) is 3.38. The van der Waals surface area contributed by atoms with Crippen LogP contribution in [-0.4, -0.2) is 23.2 Å². The van der Waals surface area contributed by atoms with E-state index in [1.165, 1.54) is 12.8 Å². The lowest BCUT2D eigenvalue weighted by atomic mass is 10.2. The molecule has 6 heteroatoms. The maximum Gasteiger partial charge on any atom is 0.266 e. The lowest BCUT2D eigenvalue weighted by Crippen LogP contribution is -2.18. The van der Waals surface area contributed by atoms with Crippen molar-refractivity contribution >= 4 is 23.2 Å². The number of hydrogen-bond donors (Lipinski definition) is 1. The summed E-state index contributed by atoms with van der Waals surface area (Å²) < 4.78 is 5.26. The molecule has 2 aromatic rings. The third-order valence-electron chi connectivity index (χ3n) is 3.05. The molecule has 0 atom stereocenters. The predicted molar refractivity (Wildman–Crippen MR) is 70.6 cm³/mol. The summed E-state index contributed by atoms with van der Waals surface area (Å²) in [5, 5.41) is 4.49. The van der Waals surface area contributed by atoms with Crippen LogP contribution in [0, 0.1) is 0 Å². The van der Waals surface area contributed by atoms with Gasteiger partial charge in [0.15, 0.2) is 0 Å². The largest absolute Gasteiger partial charge is 0.398 e. The fraction of sp³-hybridized carbons (Fsp3) is 0.333. The molecule has 2 heterocycles. The molecule has 18 heavy (non-hydrogen) atoms. The highest BCUT2D eigenvalue weighted by atomic mass is 35.5. The van der Waals surface area contributed by atoms with E-state index in [4.69, 9.17) is 21.9 Å². The maximum absolute atomic E-state index is 5.97. The Morgan fingerprint density at radius 1 is 1.28 bits per heavy atom.